The van der Waals surface area contributed by atoms with E-state index in [2.05, 4.69) is 21.2 Å². The summed E-state index contributed by atoms with van der Waals surface area (Å²) in [6.45, 7) is 3.87. The van der Waals surface area contributed by atoms with Crippen molar-refractivity contribution in [2.24, 2.45) is 0 Å². The van der Waals surface area contributed by atoms with Crippen LogP contribution >= 0.6 is 15.9 Å². The molecule has 4 heteroatoms. The molecule has 1 amide bonds. The van der Waals surface area contributed by atoms with Crippen LogP contribution in [-0.4, -0.2) is 5.91 Å². The Morgan fingerprint density at radius 1 is 1.16 bits per heavy atom. The topological polar surface area (TPSA) is 55.1 Å². The molecule has 0 saturated heterocycles. The molecule has 0 saturated carbocycles. The number of rotatable bonds is 2. The van der Waals surface area contributed by atoms with Gasteiger partial charge in [-0.05, 0) is 43.2 Å². The van der Waals surface area contributed by atoms with Crippen LogP contribution in [0.2, 0.25) is 0 Å². The molecule has 2 aromatic rings. The predicted octanol–water partition coefficient (Wildman–Crippen LogP) is 3.90. The number of anilines is 2. The van der Waals surface area contributed by atoms with Crippen LogP contribution in [0.5, 0.6) is 0 Å². The number of halogens is 1. The maximum Gasteiger partial charge on any atom is 0.258 e. The molecule has 3 N–H and O–H groups in total. The molecule has 0 aliphatic carbocycles. The summed E-state index contributed by atoms with van der Waals surface area (Å²) < 4.78 is 0.961. The molecule has 3 nitrogen and oxygen atoms in total. The van der Waals surface area contributed by atoms with E-state index in [0.717, 1.165) is 21.3 Å². The van der Waals surface area contributed by atoms with Gasteiger partial charge in [0.05, 0.1) is 5.56 Å². The lowest BCUT2D eigenvalue weighted by Crippen LogP contribution is -2.15. The van der Waals surface area contributed by atoms with Crippen LogP contribution in [0, 0.1) is 13.8 Å². The van der Waals surface area contributed by atoms with Crippen molar-refractivity contribution in [1.29, 1.82) is 0 Å². The summed E-state index contributed by atoms with van der Waals surface area (Å²) in [5.41, 5.74) is 9.60. The molecule has 0 bridgehead atoms. The summed E-state index contributed by atoms with van der Waals surface area (Å²) >= 11 is 3.45. The van der Waals surface area contributed by atoms with E-state index in [4.69, 9.17) is 5.73 Å². The Balaban J connectivity index is 2.28. The van der Waals surface area contributed by atoms with Crippen molar-refractivity contribution >= 4 is 33.2 Å². The Labute approximate surface area is 121 Å². The number of carbonyl (C=O) groups is 1. The molecular formula is C15H15BrN2O. The largest absolute Gasteiger partial charge is 0.398 e. The van der Waals surface area contributed by atoms with E-state index < -0.39 is 0 Å². The summed E-state index contributed by atoms with van der Waals surface area (Å²) in [5.74, 6) is -0.189. The normalized spacial score (nSPS) is 10.3. The fourth-order valence-corrected chi connectivity index (χ4v) is 2.24. The van der Waals surface area contributed by atoms with E-state index >= 15 is 0 Å². The zero-order valence-corrected chi connectivity index (χ0v) is 12.4. The molecular weight excluding hydrogens is 304 g/mol. The number of carbonyl (C=O) groups excluding carboxylic acids is 1. The molecule has 0 radical (unpaired) electrons. The summed E-state index contributed by atoms with van der Waals surface area (Å²) in [6.07, 6.45) is 0. The van der Waals surface area contributed by atoms with Crippen molar-refractivity contribution in [1.82, 2.24) is 0 Å². The number of benzene rings is 2. The van der Waals surface area contributed by atoms with Crippen LogP contribution in [0.25, 0.3) is 0 Å². The predicted molar refractivity (Wildman–Crippen MR) is 82.4 cm³/mol. The molecule has 0 heterocycles. The number of nitrogen functional groups attached to an aromatic ring is 1. The van der Waals surface area contributed by atoms with Crippen molar-refractivity contribution in [3.63, 3.8) is 0 Å². The second-order valence-corrected chi connectivity index (χ2v) is 5.31. The van der Waals surface area contributed by atoms with Gasteiger partial charge in [-0.1, -0.05) is 34.1 Å². The second-order valence-electron chi connectivity index (χ2n) is 4.46. The summed E-state index contributed by atoms with van der Waals surface area (Å²) in [4.78, 5) is 12.2. The first-order chi connectivity index (χ1) is 8.99. The monoisotopic (exact) mass is 318 g/mol. The minimum Gasteiger partial charge on any atom is -0.398 e. The zero-order valence-electron chi connectivity index (χ0n) is 10.8. The molecule has 0 spiro atoms. The molecule has 2 rings (SSSR count). The summed E-state index contributed by atoms with van der Waals surface area (Å²) in [7, 11) is 0. The minimum absolute atomic E-state index is 0.189. The number of hydrogen-bond donors (Lipinski definition) is 2. The third kappa shape index (κ3) is 2.96. The lowest BCUT2D eigenvalue weighted by atomic mass is 10.1. The van der Waals surface area contributed by atoms with Crippen molar-refractivity contribution in [2.45, 2.75) is 13.8 Å². The van der Waals surface area contributed by atoms with Gasteiger partial charge in [0.25, 0.3) is 5.91 Å². The average molecular weight is 319 g/mol. The fraction of sp³-hybridized carbons (Fsp3) is 0.133. The molecule has 2 aromatic carbocycles. The first-order valence-electron chi connectivity index (χ1n) is 5.91. The molecule has 0 aliphatic heterocycles. The highest BCUT2D eigenvalue weighted by molar-refractivity contribution is 9.10. The Hall–Kier alpha value is -1.81. The van der Waals surface area contributed by atoms with Gasteiger partial charge < -0.3 is 11.1 Å². The zero-order chi connectivity index (χ0) is 14.0. The first-order valence-corrected chi connectivity index (χ1v) is 6.71. The molecule has 0 aromatic heterocycles. The van der Waals surface area contributed by atoms with E-state index in [9.17, 15) is 4.79 Å². The Bertz CT molecular complexity index is 618. The average Bonchev–Trinajstić information content (AvgIpc) is 2.33. The van der Waals surface area contributed by atoms with Gasteiger partial charge in [0.15, 0.2) is 0 Å². The van der Waals surface area contributed by atoms with Crippen molar-refractivity contribution in [3.8, 4) is 0 Å². The van der Waals surface area contributed by atoms with E-state index in [0.29, 0.717) is 11.3 Å². The van der Waals surface area contributed by atoms with Crippen LogP contribution in [0.3, 0.4) is 0 Å². The van der Waals surface area contributed by atoms with E-state index in [1.807, 2.05) is 44.2 Å². The highest BCUT2D eigenvalue weighted by Crippen LogP contribution is 2.22. The van der Waals surface area contributed by atoms with E-state index in [-0.39, 0.29) is 5.91 Å². The molecule has 0 fully saturated rings. The molecule has 0 unspecified atom stereocenters. The van der Waals surface area contributed by atoms with Gasteiger partial charge in [-0.2, -0.15) is 0 Å². The Morgan fingerprint density at radius 3 is 2.53 bits per heavy atom. The van der Waals surface area contributed by atoms with Gasteiger partial charge in [-0.3, -0.25) is 4.79 Å². The van der Waals surface area contributed by atoms with Gasteiger partial charge in [0.1, 0.15) is 0 Å². The van der Waals surface area contributed by atoms with Crippen LogP contribution in [-0.2, 0) is 0 Å². The van der Waals surface area contributed by atoms with Gasteiger partial charge >= 0.3 is 0 Å². The third-order valence-corrected chi connectivity index (χ3v) is 3.82. The summed E-state index contributed by atoms with van der Waals surface area (Å²) in [5, 5.41) is 2.86. The standard InChI is InChI=1S/C15H15BrN2O/c1-9-6-7-11(8-12(9)16)18-15(19)14-10(2)4-3-5-13(14)17/h3-8H,17H2,1-2H3,(H,18,19). The lowest BCUT2D eigenvalue weighted by Gasteiger charge is -2.11. The molecule has 0 aliphatic rings. The highest BCUT2D eigenvalue weighted by Gasteiger charge is 2.12. The smallest absolute Gasteiger partial charge is 0.258 e. The molecule has 19 heavy (non-hydrogen) atoms. The molecule has 0 atom stereocenters. The van der Waals surface area contributed by atoms with Crippen LogP contribution in [0.15, 0.2) is 40.9 Å². The molecule has 98 valence electrons. The van der Waals surface area contributed by atoms with E-state index in [1.165, 1.54) is 0 Å². The van der Waals surface area contributed by atoms with Crippen molar-refractivity contribution < 1.29 is 4.79 Å². The number of nitrogens with one attached hydrogen (secondary N) is 1. The third-order valence-electron chi connectivity index (χ3n) is 2.96. The quantitative estimate of drug-likeness (QED) is 0.825. The van der Waals surface area contributed by atoms with Gasteiger partial charge in [0.2, 0.25) is 0 Å². The number of amides is 1. The van der Waals surface area contributed by atoms with Gasteiger partial charge in [0, 0.05) is 15.8 Å². The number of nitrogens with two attached hydrogens (primary N) is 1. The van der Waals surface area contributed by atoms with Gasteiger partial charge in [-0.15, -0.1) is 0 Å². The minimum atomic E-state index is -0.189. The van der Waals surface area contributed by atoms with Crippen LogP contribution < -0.4 is 11.1 Å². The van der Waals surface area contributed by atoms with Crippen LogP contribution in [0.4, 0.5) is 11.4 Å². The SMILES string of the molecule is Cc1ccc(NC(=O)c2c(C)cccc2N)cc1Br. The van der Waals surface area contributed by atoms with Crippen molar-refractivity contribution in [3.05, 3.63) is 57.6 Å². The first kappa shape index (κ1) is 13.6. The number of hydrogen-bond acceptors (Lipinski definition) is 2. The maximum atomic E-state index is 12.2. The van der Waals surface area contributed by atoms with Crippen LogP contribution in [0.1, 0.15) is 21.5 Å². The van der Waals surface area contributed by atoms with Crippen molar-refractivity contribution in [2.75, 3.05) is 11.1 Å². The fourth-order valence-electron chi connectivity index (χ4n) is 1.86. The second kappa shape index (κ2) is 5.45. The van der Waals surface area contributed by atoms with Gasteiger partial charge in [-0.25, -0.2) is 0 Å². The lowest BCUT2D eigenvalue weighted by molar-refractivity contribution is 0.102. The maximum absolute atomic E-state index is 12.2. The number of aryl methyl sites for hydroxylation is 2. The Morgan fingerprint density at radius 2 is 1.89 bits per heavy atom. The van der Waals surface area contributed by atoms with E-state index in [1.54, 1.807) is 6.07 Å². The Kier molecular flexibility index (Phi) is 3.90. The summed E-state index contributed by atoms with van der Waals surface area (Å²) in [6, 6.07) is 11.1. The highest BCUT2D eigenvalue weighted by atomic mass is 79.9.